The maximum absolute atomic E-state index is 11.5. The average molecular weight is 266 g/mol. The van der Waals surface area contributed by atoms with Gasteiger partial charge in [-0.3, -0.25) is 4.79 Å². The minimum Gasteiger partial charge on any atom is -0.337 e. The van der Waals surface area contributed by atoms with Crippen LogP contribution in [0.2, 0.25) is 0 Å². The van der Waals surface area contributed by atoms with E-state index in [1.165, 1.54) is 10.7 Å². The fourth-order valence-corrected chi connectivity index (χ4v) is 2.20. The van der Waals surface area contributed by atoms with Crippen LogP contribution in [0.15, 0.2) is 27.6 Å². The summed E-state index contributed by atoms with van der Waals surface area (Å²) >= 11 is 1.74. The first-order valence-electron chi connectivity index (χ1n) is 5.67. The zero-order valence-corrected chi connectivity index (χ0v) is 11.1. The van der Waals surface area contributed by atoms with E-state index in [4.69, 9.17) is 4.52 Å². The van der Waals surface area contributed by atoms with Crippen molar-refractivity contribution < 1.29 is 4.52 Å². The van der Waals surface area contributed by atoms with E-state index in [2.05, 4.69) is 22.2 Å². The molecule has 0 saturated carbocycles. The second-order valence-corrected chi connectivity index (χ2v) is 5.28. The molecule has 7 heteroatoms. The average Bonchev–Trinajstić information content (AvgIpc) is 2.81. The molecule has 6 nitrogen and oxygen atoms in total. The van der Waals surface area contributed by atoms with E-state index < -0.39 is 0 Å². The van der Waals surface area contributed by atoms with Crippen LogP contribution >= 0.6 is 11.8 Å². The largest absolute Gasteiger partial charge is 0.337 e. The SMILES string of the molecule is CCS[C@@H](C)c1noc(Cn2ncccc2=O)n1. The summed E-state index contributed by atoms with van der Waals surface area (Å²) in [6.07, 6.45) is 1.55. The lowest BCUT2D eigenvalue weighted by molar-refractivity contribution is 0.358. The Hall–Kier alpha value is -1.63. The van der Waals surface area contributed by atoms with Crippen molar-refractivity contribution in [2.24, 2.45) is 0 Å². The van der Waals surface area contributed by atoms with Gasteiger partial charge < -0.3 is 4.52 Å². The van der Waals surface area contributed by atoms with Gasteiger partial charge >= 0.3 is 0 Å². The van der Waals surface area contributed by atoms with Gasteiger partial charge in [0, 0.05) is 12.3 Å². The van der Waals surface area contributed by atoms with Gasteiger partial charge in [-0.2, -0.15) is 21.8 Å². The van der Waals surface area contributed by atoms with Crippen molar-refractivity contribution in [1.29, 1.82) is 0 Å². The van der Waals surface area contributed by atoms with Gasteiger partial charge in [0.15, 0.2) is 5.82 Å². The number of hydrogen-bond donors (Lipinski definition) is 0. The highest BCUT2D eigenvalue weighted by Gasteiger charge is 2.14. The third-order valence-corrected chi connectivity index (χ3v) is 3.38. The van der Waals surface area contributed by atoms with E-state index >= 15 is 0 Å². The molecule has 0 unspecified atom stereocenters. The second kappa shape index (κ2) is 5.81. The van der Waals surface area contributed by atoms with Crippen LogP contribution in [-0.2, 0) is 6.54 Å². The molecule has 96 valence electrons. The summed E-state index contributed by atoms with van der Waals surface area (Å²) in [5.74, 6) is 2.04. The Bertz CT molecular complexity index is 566. The zero-order valence-electron chi connectivity index (χ0n) is 10.2. The molecule has 0 saturated heterocycles. The van der Waals surface area contributed by atoms with Crippen LogP contribution in [0.4, 0.5) is 0 Å². The lowest BCUT2D eigenvalue weighted by Crippen LogP contribution is -2.21. The summed E-state index contributed by atoms with van der Waals surface area (Å²) in [7, 11) is 0. The molecule has 0 aliphatic rings. The van der Waals surface area contributed by atoms with Crippen LogP contribution in [0.5, 0.6) is 0 Å². The summed E-state index contributed by atoms with van der Waals surface area (Å²) in [6, 6.07) is 3.04. The first-order valence-corrected chi connectivity index (χ1v) is 6.71. The summed E-state index contributed by atoms with van der Waals surface area (Å²) in [5, 5.41) is 8.03. The van der Waals surface area contributed by atoms with Crippen LogP contribution in [0, 0.1) is 0 Å². The molecule has 0 radical (unpaired) electrons. The molecule has 0 aliphatic heterocycles. The van der Waals surface area contributed by atoms with Gasteiger partial charge in [0.05, 0.1) is 5.25 Å². The van der Waals surface area contributed by atoms with Crippen LogP contribution in [-0.4, -0.2) is 25.7 Å². The number of aromatic nitrogens is 4. The molecule has 18 heavy (non-hydrogen) atoms. The molecule has 2 aromatic heterocycles. The summed E-state index contributed by atoms with van der Waals surface area (Å²) < 4.78 is 6.40. The third-order valence-electron chi connectivity index (χ3n) is 2.33. The van der Waals surface area contributed by atoms with Gasteiger partial charge in [-0.05, 0) is 18.7 Å². The molecule has 0 aromatic carbocycles. The first kappa shape index (κ1) is 12.8. The van der Waals surface area contributed by atoms with Crippen molar-refractivity contribution in [2.45, 2.75) is 25.6 Å². The highest BCUT2D eigenvalue weighted by molar-refractivity contribution is 7.99. The van der Waals surface area contributed by atoms with Gasteiger partial charge in [-0.15, -0.1) is 0 Å². The summed E-state index contributed by atoms with van der Waals surface area (Å²) in [5.41, 5.74) is -0.187. The predicted molar refractivity (Wildman–Crippen MR) is 68.4 cm³/mol. The predicted octanol–water partition coefficient (Wildman–Crippen LogP) is 1.49. The normalized spacial score (nSPS) is 12.6. The standard InChI is InChI=1S/C11H14N4O2S/c1-3-18-8(2)11-13-9(17-14-11)7-15-10(16)5-4-6-12-15/h4-6,8H,3,7H2,1-2H3/t8-/m0/s1. The highest BCUT2D eigenvalue weighted by Crippen LogP contribution is 2.25. The van der Waals surface area contributed by atoms with Crippen molar-refractivity contribution >= 4 is 11.8 Å². The summed E-state index contributed by atoms with van der Waals surface area (Å²) in [4.78, 5) is 15.7. The fraction of sp³-hybridized carbons (Fsp3) is 0.455. The molecule has 0 N–H and O–H groups in total. The Kier molecular flexibility index (Phi) is 4.14. The molecule has 0 amide bonds. The van der Waals surface area contributed by atoms with E-state index in [9.17, 15) is 4.79 Å². The molecular formula is C11H14N4O2S. The lowest BCUT2D eigenvalue weighted by atomic mass is 10.4. The first-order chi connectivity index (χ1) is 8.70. The molecule has 0 spiro atoms. The number of hydrogen-bond acceptors (Lipinski definition) is 6. The van der Waals surface area contributed by atoms with Crippen molar-refractivity contribution in [3.8, 4) is 0 Å². The maximum atomic E-state index is 11.5. The molecule has 0 bridgehead atoms. The smallest absolute Gasteiger partial charge is 0.267 e. The zero-order chi connectivity index (χ0) is 13.0. The van der Waals surface area contributed by atoms with Crippen LogP contribution in [0.3, 0.4) is 0 Å². The van der Waals surface area contributed by atoms with E-state index in [0.717, 1.165) is 5.75 Å². The van der Waals surface area contributed by atoms with Gasteiger partial charge in [-0.25, -0.2) is 4.68 Å². The van der Waals surface area contributed by atoms with Crippen molar-refractivity contribution in [2.75, 3.05) is 5.75 Å². The molecule has 1 atom stereocenters. The Morgan fingerprint density at radius 3 is 3.11 bits per heavy atom. The number of rotatable bonds is 5. The highest BCUT2D eigenvalue weighted by atomic mass is 32.2. The van der Waals surface area contributed by atoms with E-state index in [-0.39, 0.29) is 17.4 Å². The fourth-order valence-electron chi connectivity index (χ4n) is 1.46. The van der Waals surface area contributed by atoms with E-state index in [1.807, 2.05) is 6.92 Å². The molecule has 0 aliphatic carbocycles. The molecule has 0 fully saturated rings. The Labute approximate surface area is 108 Å². The van der Waals surface area contributed by atoms with Gasteiger partial charge in [0.1, 0.15) is 6.54 Å². The van der Waals surface area contributed by atoms with Crippen LogP contribution < -0.4 is 5.56 Å². The van der Waals surface area contributed by atoms with Crippen molar-refractivity contribution in [3.63, 3.8) is 0 Å². The molecule has 2 heterocycles. The Balaban J connectivity index is 2.12. The Morgan fingerprint density at radius 2 is 2.39 bits per heavy atom. The number of thioether (sulfide) groups is 1. The topological polar surface area (TPSA) is 73.8 Å². The minimum atomic E-state index is -0.187. The van der Waals surface area contributed by atoms with Gasteiger partial charge in [0.25, 0.3) is 5.56 Å². The Morgan fingerprint density at radius 1 is 1.56 bits per heavy atom. The maximum Gasteiger partial charge on any atom is 0.267 e. The van der Waals surface area contributed by atoms with E-state index in [1.54, 1.807) is 24.0 Å². The van der Waals surface area contributed by atoms with Gasteiger partial charge in [-0.1, -0.05) is 12.1 Å². The monoisotopic (exact) mass is 266 g/mol. The second-order valence-electron chi connectivity index (χ2n) is 3.66. The molecular weight excluding hydrogens is 252 g/mol. The minimum absolute atomic E-state index is 0.187. The summed E-state index contributed by atoms with van der Waals surface area (Å²) in [6.45, 7) is 4.31. The van der Waals surface area contributed by atoms with Crippen molar-refractivity contribution in [3.05, 3.63) is 40.4 Å². The quantitative estimate of drug-likeness (QED) is 0.816. The molecule has 2 rings (SSSR count). The van der Waals surface area contributed by atoms with Crippen LogP contribution in [0.1, 0.15) is 30.8 Å². The van der Waals surface area contributed by atoms with E-state index in [0.29, 0.717) is 11.7 Å². The van der Waals surface area contributed by atoms with Crippen LogP contribution in [0.25, 0.3) is 0 Å². The third kappa shape index (κ3) is 2.98. The molecule has 2 aromatic rings. The van der Waals surface area contributed by atoms with Gasteiger partial charge in [0.2, 0.25) is 5.89 Å². The lowest BCUT2D eigenvalue weighted by Gasteiger charge is -2.02. The van der Waals surface area contributed by atoms with Crippen molar-refractivity contribution in [1.82, 2.24) is 19.9 Å². The number of nitrogens with zero attached hydrogens (tertiary/aromatic N) is 4.